The molecule has 116 valence electrons. The molecule has 2 aromatic rings. The molecule has 0 spiro atoms. The van der Waals surface area contributed by atoms with E-state index in [-0.39, 0.29) is 12.6 Å². The van der Waals surface area contributed by atoms with Crippen LogP contribution < -0.4 is 0 Å². The third kappa shape index (κ3) is 3.35. The lowest BCUT2D eigenvalue weighted by molar-refractivity contribution is -0.139. The normalized spacial score (nSPS) is 11.7. The SMILES string of the molecule is COCn1c(/C=N/O)c(/C=C/COC(C)=O)c2ccccc21. The fourth-order valence-corrected chi connectivity index (χ4v) is 2.32. The van der Waals surface area contributed by atoms with Gasteiger partial charge in [0, 0.05) is 25.0 Å². The topological polar surface area (TPSA) is 73.1 Å². The van der Waals surface area contributed by atoms with Crippen molar-refractivity contribution in [1.82, 2.24) is 4.57 Å². The Labute approximate surface area is 128 Å². The van der Waals surface area contributed by atoms with Crippen molar-refractivity contribution >= 4 is 29.2 Å². The summed E-state index contributed by atoms with van der Waals surface area (Å²) in [6, 6.07) is 7.80. The van der Waals surface area contributed by atoms with Crippen LogP contribution in [0.25, 0.3) is 17.0 Å². The van der Waals surface area contributed by atoms with E-state index >= 15 is 0 Å². The van der Waals surface area contributed by atoms with E-state index in [1.807, 2.05) is 34.9 Å². The molecular weight excluding hydrogens is 284 g/mol. The molecule has 0 aliphatic carbocycles. The van der Waals surface area contributed by atoms with Gasteiger partial charge >= 0.3 is 5.97 Å². The molecule has 0 radical (unpaired) electrons. The first-order valence-corrected chi connectivity index (χ1v) is 6.76. The predicted octanol–water partition coefficient (Wildman–Crippen LogP) is 2.63. The molecule has 0 aliphatic rings. The van der Waals surface area contributed by atoms with Crippen LogP contribution in [0.5, 0.6) is 0 Å². The lowest BCUT2D eigenvalue weighted by Crippen LogP contribution is -2.04. The molecular formula is C16H18N2O4. The molecule has 1 N–H and O–H groups in total. The van der Waals surface area contributed by atoms with Crippen molar-refractivity contribution in [2.45, 2.75) is 13.7 Å². The van der Waals surface area contributed by atoms with Crippen LogP contribution in [-0.4, -0.2) is 35.7 Å². The maximum atomic E-state index is 10.8. The minimum atomic E-state index is -0.330. The number of nitrogens with zero attached hydrogens (tertiary/aromatic N) is 2. The Morgan fingerprint density at radius 1 is 1.41 bits per heavy atom. The molecule has 0 unspecified atom stereocenters. The summed E-state index contributed by atoms with van der Waals surface area (Å²) in [4.78, 5) is 10.8. The first-order chi connectivity index (χ1) is 10.7. The minimum Gasteiger partial charge on any atom is -0.462 e. The van der Waals surface area contributed by atoms with Crippen molar-refractivity contribution in [2.24, 2.45) is 5.16 Å². The molecule has 2 rings (SSSR count). The van der Waals surface area contributed by atoms with Crippen LogP contribution in [0.4, 0.5) is 0 Å². The van der Waals surface area contributed by atoms with Crippen molar-refractivity contribution in [3.05, 3.63) is 41.6 Å². The second-order valence-electron chi connectivity index (χ2n) is 4.61. The number of oxime groups is 1. The second-order valence-corrected chi connectivity index (χ2v) is 4.61. The number of esters is 1. The first-order valence-electron chi connectivity index (χ1n) is 6.76. The number of hydrogen-bond acceptors (Lipinski definition) is 5. The molecule has 6 heteroatoms. The Kier molecular flexibility index (Phi) is 5.32. The van der Waals surface area contributed by atoms with Gasteiger partial charge in [-0.25, -0.2) is 0 Å². The number of rotatable bonds is 6. The molecule has 0 atom stereocenters. The number of aromatic nitrogens is 1. The lowest BCUT2D eigenvalue weighted by atomic mass is 10.1. The van der Waals surface area contributed by atoms with E-state index in [4.69, 9.17) is 14.7 Å². The molecule has 0 fully saturated rings. The summed E-state index contributed by atoms with van der Waals surface area (Å²) in [5, 5.41) is 13.1. The van der Waals surface area contributed by atoms with E-state index in [9.17, 15) is 4.79 Å². The van der Waals surface area contributed by atoms with Crippen molar-refractivity contribution in [1.29, 1.82) is 0 Å². The van der Waals surface area contributed by atoms with Crippen molar-refractivity contribution in [3.63, 3.8) is 0 Å². The van der Waals surface area contributed by atoms with Crippen LogP contribution in [0.2, 0.25) is 0 Å². The second kappa shape index (κ2) is 7.42. The third-order valence-corrected chi connectivity index (χ3v) is 3.16. The largest absolute Gasteiger partial charge is 0.462 e. The zero-order valence-corrected chi connectivity index (χ0v) is 12.5. The molecule has 0 saturated carbocycles. The van der Waals surface area contributed by atoms with Crippen molar-refractivity contribution < 1.29 is 19.5 Å². The Morgan fingerprint density at radius 3 is 2.86 bits per heavy atom. The van der Waals surface area contributed by atoms with Gasteiger partial charge in [0.05, 0.1) is 17.4 Å². The Morgan fingerprint density at radius 2 is 2.18 bits per heavy atom. The number of methoxy groups -OCH3 is 1. The van der Waals surface area contributed by atoms with Gasteiger partial charge in [0.15, 0.2) is 0 Å². The predicted molar refractivity (Wildman–Crippen MR) is 84.0 cm³/mol. The van der Waals surface area contributed by atoms with Crippen LogP contribution in [-0.2, 0) is 21.0 Å². The van der Waals surface area contributed by atoms with Gasteiger partial charge in [-0.2, -0.15) is 0 Å². The molecule has 1 aromatic carbocycles. The zero-order chi connectivity index (χ0) is 15.9. The summed E-state index contributed by atoms with van der Waals surface area (Å²) in [7, 11) is 1.60. The molecule has 0 saturated heterocycles. The van der Waals surface area contributed by atoms with Crippen LogP contribution >= 0.6 is 0 Å². The quantitative estimate of drug-likeness (QED) is 0.385. The third-order valence-electron chi connectivity index (χ3n) is 3.16. The van der Waals surface area contributed by atoms with Gasteiger partial charge in [-0.15, -0.1) is 0 Å². The van der Waals surface area contributed by atoms with Crippen molar-refractivity contribution in [2.75, 3.05) is 13.7 Å². The average Bonchev–Trinajstić information content (AvgIpc) is 2.79. The molecule has 22 heavy (non-hydrogen) atoms. The van der Waals surface area contributed by atoms with Crippen LogP contribution in [0, 0.1) is 0 Å². The smallest absolute Gasteiger partial charge is 0.302 e. The standard InChI is InChI=1S/C16H18N2O4/c1-12(19)22-9-5-7-14-13-6-3-4-8-15(13)18(11-21-2)16(14)10-17-20/h3-8,10,20H,9,11H2,1-2H3/b7-5+,17-10+. The van der Waals surface area contributed by atoms with E-state index in [1.165, 1.54) is 13.1 Å². The monoisotopic (exact) mass is 302 g/mol. The molecule has 6 nitrogen and oxygen atoms in total. The van der Waals surface area contributed by atoms with Gasteiger partial charge in [-0.05, 0) is 12.1 Å². The van der Waals surface area contributed by atoms with Crippen molar-refractivity contribution in [3.8, 4) is 0 Å². The summed E-state index contributed by atoms with van der Waals surface area (Å²) in [5.41, 5.74) is 2.55. The Hall–Kier alpha value is -2.60. The van der Waals surface area contributed by atoms with Gasteiger partial charge in [0.2, 0.25) is 0 Å². The Bertz CT molecular complexity index is 716. The zero-order valence-electron chi connectivity index (χ0n) is 12.5. The van der Waals surface area contributed by atoms with E-state index in [0.717, 1.165) is 16.5 Å². The van der Waals surface area contributed by atoms with Crippen LogP contribution in [0.3, 0.4) is 0 Å². The first kappa shape index (κ1) is 15.8. The molecule has 0 aliphatic heterocycles. The van der Waals surface area contributed by atoms with Gasteiger partial charge in [0.25, 0.3) is 0 Å². The maximum Gasteiger partial charge on any atom is 0.302 e. The average molecular weight is 302 g/mol. The highest BCUT2D eigenvalue weighted by molar-refractivity contribution is 5.99. The van der Waals surface area contributed by atoms with E-state index in [0.29, 0.717) is 12.4 Å². The van der Waals surface area contributed by atoms with E-state index in [2.05, 4.69) is 5.16 Å². The fourth-order valence-electron chi connectivity index (χ4n) is 2.32. The van der Waals surface area contributed by atoms with Crippen LogP contribution in [0.1, 0.15) is 18.2 Å². The summed E-state index contributed by atoms with van der Waals surface area (Å²) in [5.74, 6) is -0.330. The molecule has 1 heterocycles. The summed E-state index contributed by atoms with van der Waals surface area (Å²) in [6.45, 7) is 1.89. The minimum absolute atomic E-state index is 0.189. The van der Waals surface area contributed by atoms with E-state index in [1.54, 1.807) is 13.2 Å². The highest BCUT2D eigenvalue weighted by Crippen LogP contribution is 2.26. The number of benzene rings is 1. The summed E-state index contributed by atoms with van der Waals surface area (Å²) in [6.07, 6.45) is 4.95. The van der Waals surface area contributed by atoms with Gasteiger partial charge < -0.3 is 19.2 Å². The highest BCUT2D eigenvalue weighted by Gasteiger charge is 2.13. The summed E-state index contributed by atoms with van der Waals surface area (Å²) < 4.78 is 12.0. The number of carbonyl (C=O) groups is 1. The Balaban J connectivity index is 2.50. The molecule has 0 amide bonds. The van der Waals surface area contributed by atoms with Gasteiger partial charge in [0.1, 0.15) is 13.3 Å². The number of para-hydroxylation sites is 1. The highest BCUT2D eigenvalue weighted by atomic mass is 16.5. The fraction of sp³-hybridized carbons (Fsp3) is 0.250. The van der Waals surface area contributed by atoms with Gasteiger partial charge in [-0.3, -0.25) is 4.79 Å². The molecule has 0 bridgehead atoms. The molecule has 1 aromatic heterocycles. The number of fused-ring (bicyclic) bond motifs is 1. The summed E-state index contributed by atoms with van der Waals surface area (Å²) >= 11 is 0. The van der Waals surface area contributed by atoms with E-state index < -0.39 is 0 Å². The number of hydrogen-bond donors (Lipinski definition) is 1. The lowest BCUT2D eigenvalue weighted by Gasteiger charge is -2.06. The maximum absolute atomic E-state index is 10.8. The number of ether oxygens (including phenoxy) is 2. The number of carbonyl (C=O) groups excluding carboxylic acids is 1. The van der Waals surface area contributed by atoms with Gasteiger partial charge in [-0.1, -0.05) is 29.4 Å². The van der Waals surface area contributed by atoms with Crippen LogP contribution in [0.15, 0.2) is 35.5 Å².